The van der Waals surface area contributed by atoms with Gasteiger partial charge >= 0.3 is 0 Å². The van der Waals surface area contributed by atoms with E-state index in [0.29, 0.717) is 16.1 Å². The van der Waals surface area contributed by atoms with Gasteiger partial charge in [0.05, 0.1) is 16.3 Å². The Hall–Kier alpha value is -3.98. The van der Waals surface area contributed by atoms with Crippen molar-refractivity contribution in [2.75, 3.05) is 0 Å². The first-order valence-corrected chi connectivity index (χ1v) is 11.5. The van der Waals surface area contributed by atoms with Crippen LogP contribution in [0.5, 0.6) is 0 Å². The standard InChI is InChI=1S/C25H18F2N4O2S/c26-18-10-13-23(21(27)14-18)28-25-30(29-22-7-3-5-16-4-1-2-6-20(16)22)24(15-34-25)17-8-11-19(12-9-17)31(32)33/h1-2,4,6,8-15H,3,5,7H2. The third kappa shape index (κ3) is 4.29. The van der Waals surface area contributed by atoms with Crippen LogP contribution in [0.15, 0.2) is 82.2 Å². The average Bonchev–Trinajstić information content (AvgIpc) is 3.23. The van der Waals surface area contributed by atoms with Crippen LogP contribution in [0.4, 0.5) is 20.2 Å². The molecule has 3 aromatic carbocycles. The second kappa shape index (κ2) is 9.11. The number of thiazole rings is 1. The smallest absolute Gasteiger partial charge is 0.258 e. The van der Waals surface area contributed by atoms with Gasteiger partial charge in [0, 0.05) is 34.7 Å². The minimum Gasteiger partial charge on any atom is -0.258 e. The maximum atomic E-state index is 14.3. The second-order valence-electron chi connectivity index (χ2n) is 7.78. The van der Waals surface area contributed by atoms with E-state index in [1.807, 2.05) is 23.6 Å². The number of aromatic nitrogens is 1. The molecule has 0 unspecified atom stereocenters. The van der Waals surface area contributed by atoms with E-state index in [2.05, 4.69) is 11.1 Å². The lowest BCUT2D eigenvalue weighted by molar-refractivity contribution is -0.384. The summed E-state index contributed by atoms with van der Waals surface area (Å²) in [6.45, 7) is 0. The Balaban J connectivity index is 1.70. The lowest BCUT2D eigenvalue weighted by atomic mass is 9.90. The van der Waals surface area contributed by atoms with Gasteiger partial charge in [0.2, 0.25) is 4.80 Å². The number of non-ortho nitro benzene ring substituents is 1. The van der Waals surface area contributed by atoms with Crippen molar-refractivity contribution in [3.8, 4) is 11.3 Å². The topological polar surface area (TPSA) is 72.8 Å². The molecule has 0 saturated carbocycles. The molecule has 0 amide bonds. The van der Waals surface area contributed by atoms with Gasteiger partial charge in [-0.3, -0.25) is 10.1 Å². The third-order valence-corrected chi connectivity index (χ3v) is 6.41. The van der Waals surface area contributed by atoms with Gasteiger partial charge in [0.25, 0.3) is 5.69 Å². The highest BCUT2D eigenvalue weighted by molar-refractivity contribution is 7.07. The highest BCUT2D eigenvalue weighted by Gasteiger charge is 2.17. The molecule has 0 aliphatic heterocycles. The molecular weight excluding hydrogens is 458 g/mol. The zero-order valence-corrected chi connectivity index (χ0v) is 18.6. The summed E-state index contributed by atoms with van der Waals surface area (Å²) in [7, 11) is 0. The molecular formula is C25H18F2N4O2S. The largest absolute Gasteiger partial charge is 0.269 e. The molecule has 34 heavy (non-hydrogen) atoms. The highest BCUT2D eigenvalue weighted by atomic mass is 32.1. The number of benzene rings is 3. The number of aryl methyl sites for hydroxylation is 1. The summed E-state index contributed by atoms with van der Waals surface area (Å²) >= 11 is 1.25. The van der Waals surface area contributed by atoms with E-state index in [4.69, 9.17) is 5.10 Å². The van der Waals surface area contributed by atoms with Crippen molar-refractivity contribution >= 4 is 28.4 Å². The fraction of sp³-hybridized carbons (Fsp3) is 0.120. The van der Waals surface area contributed by atoms with Gasteiger partial charge in [-0.2, -0.15) is 5.10 Å². The summed E-state index contributed by atoms with van der Waals surface area (Å²) in [6, 6.07) is 17.5. The number of halogens is 2. The van der Waals surface area contributed by atoms with E-state index in [1.165, 1.54) is 35.1 Å². The maximum Gasteiger partial charge on any atom is 0.269 e. The maximum absolute atomic E-state index is 14.3. The Kier molecular flexibility index (Phi) is 5.85. The lowest BCUT2D eigenvalue weighted by Crippen LogP contribution is -2.18. The molecule has 0 saturated heterocycles. The average molecular weight is 477 g/mol. The molecule has 0 N–H and O–H groups in total. The fourth-order valence-corrected chi connectivity index (χ4v) is 4.77. The van der Waals surface area contributed by atoms with Crippen molar-refractivity contribution in [3.63, 3.8) is 0 Å². The quantitative estimate of drug-likeness (QED) is 0.259. The monoisotopic (exact) mass is 476 g/mol. The van der Waals surface area contributed by atoms with Crippen LogP contribution in [0.25, 0.3) is 11.3 Å². The molecule has 1 aliphatic carbocycles. The fourth-order valence-electron chi connectivity index (χ4n) is 3.93. The van der Waals surface area contributed by atoms with Crippen molar-refractivity contribution in [2.24, 2.45) is 10.1 Å². The van der Waals surface area contributed by atoms with Gasteiger partial charge in [-0.05, 0) is 49.1 Å². The van der Waals surface area contributed by atoms with Crippen LogP contribution < -0.4 is 4.80 Å². The minimum atomic E-state index is -0.771. The van der Waals surface area contributed by atoms with E-state index < -0.39 is 16.6 Å². The van der Waals surface area contributed by atoms with Crippen molar-refractivity contribution in [1.29, 1.82) is 0 Å². The van der Waals surface area contributed by atoms with Crippen LogP contribution in [-0.4, -0.2) is 15.3 Å². The SMILES string of the molecule is O=[N+]([O-])c1ccc(-c2csc(=Nc3ccc(F)cc3F)n2N=C2CCCc3ccccc32)cc1. The third-order valence-electron chi connectivity index (χ3n) is 5.59. The first kappa shape index (κ1) is 21.8. The van der Waals surface area contributed by atoms with Gasteiger partial charge < -0.3 is 0 Å². The minimum absolute atomic E-state index is 0.00325. The first-order valence-electron chi connectivity index (χ1n) is 10.6. The second-order valence-corrected chi connectivity index (χ2v) is 8.62. The molecule has 0 fully saturated rings. The number of rotatable bonds is 4. The molecule has 1 heterocycles. The number of nitrogens with zero attached hydrogens (tertiary/aromatic N) is 4. The van der Waals surface area contributed by atoms with Gasteiger partial charge in [0.15, 0.2) is 5.82 Å². The molecule has 6 nitrogen and oxygen atoms in total. The van der Waals surface area contributed by atoms with Gasteiger partial charge in [0.1, 0.15) is 11.5 Å². The Morgan fingerprint density at radius 3 is 2.56 bits per heavy atom. The van der Waals surface area contributed by atoms with Crippen LogP contribution in [0.2, 0.25) is 0 Å². The van der Waals surface area contributed by atoms with E-state index in [0.717, 1.165) is 42.7 Å². The van der Waals surface area contributed by atoms with Gasteiger partial charge in [-0.15, -0.1) is 11.3 Å². The molecule has 5 rings (SSSR count). The number of fused-ring (bicyclic) bond motifs is 1. The predicted octanol–water partition coefficient (Wildman–Crippen LogP) is 6.22. The molecule has 9 heteroatoms. The molecule has 1 aliphatic rings. The normalized spacial score (nSPS) is 14.9. The Labute approximate surface area is 197 Å². The zero-order chi connectivity index (χ0) is 23.7. The van der Waals surface area contributed by atoms with Crippen LogP contribution in [-0.2, 0) is 6.42 Å². The van der Waals surface area contributed by atoms with Gasteiger partial charge in [-0.1, -0.05) is 24.3 Å². The van der Waals surface area contributed by atoms with Crippen molar-refractivity contribution in [1.82, 2.24) is 4.68 Å². The van der Waals surface area contributed by atoms with Crippen LogP contribution in [0.3, 0.4) is 0 Å². The summed E-state index contributed by atoms with van der Waals surface area (Å²) in [4.78, 5) is 15.4. The summed E-state index contributed by atoms with van der Waals surface area (Å²) in [5.41, 5.74) is 4.50. The van der Waals surface area contributed by atoms with E-state index in [9.17, 15) is 18.9 Å². The molecule has 0 radical (unpaired) electrons. The molecule has 170 valence electrons. The molecule has 4 aromatic rings. The first-order chi connectivity index (χ1) is 16.5. The Morgan fingerprint density at radius 2 is 1.79 bits per heavy atom. The number of hydrogen-bond donors (Lipinski definition) is 0. The lowest BCUT2D eigenvalue weighted by Gasteiger charge is -2.18. The predicted molar refractivity (Wildman–Crippen MR) is 127 cm³/mol. The Morgan fingerprint density at radius 1 is 1.00 bits per heavy atom. The summed E-state index contributed by atoms with van der Waals surface area (Å²) in [5.74, 6) is -1.45. The summed E-state index contributed by atoms with van der Waals surface area (Å²) in [5, 5.41) is 17.8. The molecule has 0 bridgehead atoms. The molecule has 1 aromatic heterocycles. The summed E-state index contributed by atoms with van der Waals surface area (Å²) in [6.07, 6.45) is 2.69. The van der Waals surface area contributed by atoms with Crippen LogP contribution >= 0.6 is 11.3 Å². The molecule has 0 atom stereocenters. The van der Waals surface area contributed by atoms with Crippen molar-refractivity contribution < 1.29 is 13.7 Å². The number of hydrogen-bond acceptors (Lipinski definition) is 5. The van der Waals surface area contributed by atoms with Crippen molar-refractivity contribution in [3.05, 3.63) is 110 Å². The zero-order valence-electron chi connectivity index (χ0n) is 17.8. The van der Waals surface area contributed by atoms with Crippen LogP contribution in [0.1, 0.15) is 24.0 Å². The van der Waals surface area contributed by atoms with E-state index >= 15 is 0 Å². The number of nitro groups is 1. The highest BCUT2D eigenvalue weighted by Crippen LogP contribution is 2.26. The van der Waals surface area contributed by atoms with Gasteiger partial charge in [-0.25, -0.2) is 18.4 Å². The number of nitro benzene ring substituents is 1. The van der Waals surface area contributed by atoms with E-state index in [1.54, 1.807) is 16.8 Å². The van der Waals surface area contributed by atoms with Crippen LogP contribution in [0, 0.1) is 21.7 Å². The van der Waals surface area contributed by atoms with Crippen molar-refractivity contribution in [2.45, 2.75) is 19.3 Å². The van der Waals surface area contributed by atoms with E-state index in [-0.39, 0.29) is 11.4 Å². The molecule has 0 spiro atoms. The Bertz CT molecular complexity index is 1490. The summed E-state index contributed by atoms with van der Waals surface area (Å²) < 4.78 is 29.3.